The molecule has 3 aliphatic rings. The number of rotatable bonds is 16. The van der Waals surface area contributed by atoms with Crippen molar-refractivity contribution in [1.82, 2.24) is 34.6 Å². The van der Waals surface area contributed by atoms with E-state index < -0.39 is 5.97 Å². The average Bonchev–Trinajstić information content (AvgIpc) is 3.36. The molecule has 12 nitrogen and oxygen atoms in total. The van der Waals surface area contributed by atoms with Crippen molar-refractivity contribution < 1.29 is 14.7 Å². The van der Waals surface area contributed by atoms with E-state index in [1.807, 2.05) is 42.7 Å². The summed E-state index contributed by atoms with van der Waals surface area (Å²) in [6, 6.07) is 18.9. The molecule has 352 valence electrons. The van der Waals surface area contributed by atoms with Gasteiger partial charge in [-0.3, -0.25) is 14.8 Å². The van der Waals surface area contributed by atoms with E-state index in [-0.39, 0.29) is 11.3 Å². The summed E-state index contributed by atoms with van der Waals surface area (Å²) in [5.74, 6) is -0.185. The molecule has 3 N–H and O–H groups in total. The van der Waals surface area contributed by atoms with E-state index in [4.69, 9.17) is 15.1 Å². The van der Waals surface area contributed by atoms with Crippen LogP contribution in [0.15, 0.2) is 94.4 Å². The first-order valence-corrected chi connectivity index (χ1v) is 25.7. The lowest BCUT2D eigenvalue weighted by Gasteiger charge is -2.28. The lowest BCUT2D eigenvalue weighted by Crippen LogP contribution is -2.31. The van der Waals surface area contributed by atoms with Crippen LogP contribution in [-0.2, 0) is 0 Å². The number of nitrogens with one attached hydrogen (secondary N) is 2. The van der Waals surface area contributed by atoms with Crippen molar-refractivity contribution in [2.24, 2.45) is 5.92 Å². The number of hydrogen-bond donors (Lipinski definition) is 3. The third-order valence-electron chi connectivity index (χ3n) is 13.4. The topological polar surface area (TPSA) is 140 Å². The number of aromatic carboxylic acids is 1. The van der Waals surface area contributed by atoms with Gasteiger partial charge in [-0.25, -0.2) is 14.8 Å². The number of carboxylic acids is 1. The first-order chi connectivity index (χ1) is 32.7. The van der Waals surface area contributed by atoms with Gasteiger partial charge in [0, 0.05) is 83.1 Å². The third kappa shape index (κ3) is 13.2. The van der Waals surface area contributed by atoms with Gasteiger partial charge in [-0.15, -0.1) is 0 Å². The highest BCUT2D eigenvalue weighted by atomic mass is 79.9. The Kier molecular flexibility index (Phi) is 17.4. The summed E-state index contributed by atoms with van der Waals surface area (Å²) in [5, 5.41) is 18.4. The fourth-order valence-electron chi connectivity index (χ4n) is 9.47. The number of carboxylic acid groups (broad SMARTS) is 1. The molecular formula is C53H63Br2N9O3. The van der Waals surface area contributed by atoms with Crippen molar-refractivity contribution in [3.05, 3.63) is 106 Å². The molecule has 4 aromatic heterocycles. The van der Waals surface area contributed by atoms with Gasteiger partial charge in [0.05, 0.1) is 36.9 Å². The van der Waals surface area contributed by atoms with Crippen LogP contribution in [0, 0.1) is 5.92 Å². The van der Waals surface area contributed by atoms with Crippen LogP contribution in [-0.4, -0.2) is 124 Å². The van der Waals surface area contributed by atoms with E-state index in [9.17, 15) is 9.59 Å². The molecule has 3 fully saturated rings. The number of anilines is 2. The highest BCUT2D eigenvalue weighted by Gasteiger charge is 2.21. The van der Waals surface area contributed by atoms with E-state index in [0.717, 1.165) is 135 Å². The molecule has 14 heteroatoms. The maximum Gasteiger partial charge on any atom is 0.335 e. The minimum absolute atomic E-state index is 0.248. The number of piperidine rings is 3. The summed E-state index contributed by atoms with van der Waals surface area (Å²) in [5.41, 5.74) is 8.42. The molecular weight excluding hydrogens is 970 g/mol. The molecule has 0 bridgehead atoms. The number of nitrogens with zero attached hydrogens (tertiary/aromatic N) is 7. The lowest BCUT2D eigenvalue weighted by atomic mass is 9.90. The van der Waals surface area contributed by atoms with E-state index in [0.29, 0.717) is 12.3 Å². The fourth-order valence-corrected chi connectivity index (χ4v) is 10.3. The Balaban J connectivity index is 0.000000186. The standard InChI is InChI=1S/C30H38BrN5O.C23H25BrN4O2/c1-35-16-10-22(11-17-35)18-29(37)24-8-6-23(7-9-24)27-19-28(25-20-32-21-26(31)30(25)34-27)33-12-5-15-36-13-3-2-4-14-36;24-19-15-25-14-18-21(26-9-4-12-28-10-2-1-3-11-28)13-20(27-22(18)19)16-5-7-17(8-6-16)23(29)30/h6-9,19-22H,2-5,10-18H2,1H3,(H,33,34);5-8,13-15H,1-4,9-12H2,(H,26,27)(H,29,30). The Morgan fingerprint density at radius 1 is 0.627 bits per heavy atom. The molecule has 0 amide bonds. The Morgan fingerprint density at radius 3 is 1.52 bits per heavy atom. The van der Waals surface area contributed by atoms with Gasteiger partial charge < -0.3 is 30.4 Å². The number of Topliss-reactive ketones (excluding diaryl/α,β-unsaturated/α-hetero) is 1. The summed E-state index contributed by atoms with van der Waals surface area (Å²) >= 11 is 7.21. The molecule has 67 heavy (non-hydrogen) atoms. The van der Waals surface area contributed by atoms with E-state index in [1.165, 1.54) is 64.7 Å². The number of hydrogen-bond acceptors (Lipinski definition) is 11. The van der Waals surface area contributed by atoms with E-state index >= 15 is 0 Å². The summed E-state index contributed by atoms with van der Waals surface area (Å²) in [4.78, 5) is 50.0. The van der Waals surface area contributed by atoms with Gasteiger partial charge >= 0.3 is 5.97 Å². The minimum Gasteiger partial charge on any atom is -0.478 e. The molecule has 0 radical (unpaired) electrons. The van der Waals surface area contributed by atoms with Crippen LogP contribution in [0.1, 0.15) is 91.3 Å². The molecule has 3 saturated heterocycles. The highest BCUT2D eigenvalue weighted by molar-refractivity contribution is 9.11. The highest BCUT2D eigenvalue weighted by Crippen LogP contribution is 2.34. The van der Waals surface area contributed by atoms with Gasteiger partial charge in [-0.2, -0.15) is 0 Å². The fraction of sp³-hybridized carbons (Fsp3) is 0.434. The quantitative estimate of drug-likeness (QED) is 0.0628. The number of halogens is 2. The molecule has 0 aliphatic carbocycles. The zero-order chi connectivity index (χ0) is 46.5. The summed E-state index contributed by atoms with van der Waals surface area (Å²) in [6.07, 6.45) is 20.3. The Bertz CT molecular complexity index is 2590. The van der Waals surface area contributed by atoms with Crippen molar-refractivity contribution in [1.29, 1.82) is 0 Å². The number of pyridine rings is 4. The molecule has 6 aromatic rings. The van der Waals surface area contributed by atoms with E-state index in [1.54, 1.807) is 36.7 Å². The SMILES string of the molecule is CN1CCC(CC(=O)c2ccc(-c3cc(NCCCN4CCCCC4)c4cncc(Br)c4n3)cc2)CC1.O=C(O)c1ccc(-c2cc(NCCCN3CCCCC3)c3cncc(Br)c3n2)cc1. The number of likely N-dealkylation sites (tertiary alicyclic amines) is 3. The van der Waals surface area contributed by atoms with Gasteiger partial charge in [0.15, 0.2) is 5.78 Å². The van der Waals surface area contributed by atoms with Gasteiger partial charge in [0.2, 0.25) is 0 Å². The first kappa shape index (κ1) is 48.6. The van der Waals surface area contributed by atoms with Crippen molar-refractivity contribution in [2.45, 2.75) is 70.6 Å². The molecule has 0 saturated carbocycles. The molecule has 0 spiro atoms. The zero-order valence-corrected chi connectivity index (χ0v) is 41.8. The largest absolute Gasteiger partial charge is 0.478 e. The molecule has 7 heterocycles. The van der Waals surface area contributed by atoms with Crippen molar-refractivity contribution >= 4 is 76.8 Å². The summed E-state index contributed by atoms with van der Waals surface area (Å²) in [6.45, 7) is 11.1. The van der Waals surface area contributed by atoms with Crippen LogP contribution in [0.25, 0.3) is 44.3 Å². The summed E-state index contributed by atoms with van der Waals surface area (Å²) in [7, 11) is 2.16. The number of ketones is 1. The summed E-state index contributed by atoms with van der Waals surface area (Å²) < 4.78 is 1.72. The van der Waals surface area contributed by atoms with Gasteiger partial charge in [0.1, 0.15) is 0 Å². The second kappa shape index (κ2) is 23.9. The monoisotopic (exact) mass is 1030 g/mol. The number of benzene rings is 2. The van der Waals surface area contributed by atoms with Gasteiger partial charge in [0.25, 0.3) is 0 Å². The number of carbonyl (C=O) groups excluding carboxylic acids is 1. The maximum atomic E-state index is 12.9. The first-order valence-electron chi connectivity index (χ1n) is 24.2. The van der Waals surface area contributed by atoms with Crippen LogP contribution < -0.4 is 10.6 Å². The number of aromatic nitrogens is 4. The predicted octanol–water partition coefficient (Wildman–Crippen LogP) is 11.3. The van der Waals surface area contributed by atoms with Crippen LogP contribution in [0.2, 0.25) is 0 Å². The maximum absolute atomic E-state index is 12.9. The average molecular weight is 1030 g/mol. The molecule has 0 unspecified atom stereocenters. The van der Waals surface area contributed by atoms with Crippen LogP contribution >= 0.6 is 31.9 Å². The second-order valence-corrected chi connectivity index (χ2v) is 20.1. The molecule has 9 rings (SSSR count). The number of carbonyl (C=O) groups is 2. The minimum atomic E-state index is -0.932. The predicted molar refractivity (Wildman–Crippen MR) is 278 cm³/mol. The molecule has 0 atom stereocenters. The van der Waals surface area contributed by atoms with E-state index in [2.05, 4.69) is 80.3 Å². The third-order valence-corrected chi connectivity index (χ3v) is 14.6. The second-order valence-electron chi connectivity index (χ2n) is 18.3. The number of fused-ring (bicyclic) bond motifs is 2. The van der Waals surface area contributed by atoms with Crippen LogP contribution in [0.5, 0.6) is 0 Å². The Morgan fingerprint density at radius 2 is 1.07 bits per heavy atom. The molecule has 3 aliphatic heterocycles. The normalized spacial score (nSPS) is 16.4. The molecule has 2 aromatic carbocycles. The van der Waals surface area contributed by atoms with Crippen molar-refractivity contribution in [2.75, 3.05) is 83.1 Å². The zero-order valence-electron chi connectivity index (χ0n) is 38.7. The van der Waals surface area contributed by atoms with Crippen molar-refractivity contribution in [3.63, 3.8) is 0 Å². The van der Waals surface area contributed by atoms with Crippen LogP contribution in [0.3, 0.4) is 0 Å². The van der Waals surface area contributed by atoms with Crippen molar-refractivity contribution in [3.8, 4) is 22.5 Å². The lowest BCUT2D eigenvalue weighted by molar-refractivity contribution is 0.0696. The van der Waals surface area contributed by atoms with Gasteiger partial charge in [-0.1, -0.05) is 49.2 Å². The Hall–Kier alpha value is -4.86. The van der Waals surface area contributed by atoms with Crippen LogP contribution in [0.4, 0.5) is 11.4 Å². The Labute approximate surface area is 411 Å². The van der Waals surface area contributed by atoms with Gasteiger partial charge in [-0.05, 0) is 173 Å². The smallest absolute Gasteiger partial charge is 0.335 e.